The van der Waals surface area contributed by atoms with Gasteiger partial charge in [-0.1, -0.05) is 49.6 Å². The first-order valence-corrected chi connectivity index (χ1v) is 13.4. The van der Waals surface area contributed by atoms with E-state index in [0.29, 0.717) is 37.0 Å². The van der Waals surface area contributed by atoms with Gasteiger partial charge in [0, 0.05) is 38.2 Å². The zero-order valence-electron chi connectivity index (χ0n) is 20.1. The van der Waals surface area contributed by atoms with Crippen molar-refractivity contribution in [3.8, 4) is 11.3 Å². The lowest BCUT2D eigenvalue weighted by Gasteiger charge is -2.23. The SMILES string of the molecule is COCn1c(-c2ccccc2)c(C2CCCCC2)c2sc(C(=O)O)c(CNCC3CCC(=O)N3)c21. The molecule has 5 rings (SSSR count). The van der Waals surface area contributed by atoms with Crippen LogP contribution in [0, 0.1) is 0 Å². The number of aromatic carboxylic acids is 1. The van der Waals surface area contributed by atoms with Gasteiger partial charge in [0.15, 0.2) is 0 Å². The van der Waals surface area contributed by atoms with Gasteiger partial charge in [-0.15, -0.1) is 11.3 Å². The molecule has 1 aromatic carbocycles. The Balaban J connectivity index is 1.64. The first-order chi connectivity index (χ1) is 17.1. The third kappa shape index (κ3) is 4.75. The molecule has 1 saturated heterocycles. The molecule has 0 spiro atoms. The second kappa shape index (κ2) is 10.5. The molecule has 1 saturated carbocycles. The highest BCUT2D eigenvalue weighted by Gasteiger charge is 2.32. The highest BCUT2D eigenvalue weighted by Crippen LogP contribution is 2.48. The highest BCUT2D eigenvalue weighted by atomic mass is 32.1. The topological polar surface area (TPSA) is 92.6 Å². The van der Waals surface area contributed by atoms with E-state index in [1.807, 2.05) is 6.07 Å². The van der Waals surface area contributed by atoms with Crippen molar-refractivity contribution in [2.24, 2.45) is 0 Å². The van der Waals surface area contributed by atoms with Gasteiger partial charge in [-0.2, -0.15) is 0 Å². The van der Waals surface area contributed by atoms with Crippen molar-refractivity contribution in [3.63, 3.8) is 0 Å². The maximum atomic E-state index is 12.3. The molecule has 1 amide bonds. The van der Waals surface area contributed by atoms with Crippen molar-refractivity contribution < 1.29 is 19.4 Å². The molecule has 1 unspecified atom stereocenters. The molecule has 0 bridgehead atoms. The lowest BCUT2D eigenvalue weighted by molar-refractivity contribution is -0.119. The number of aromatic nitrogens is 1. The van der Waals surface area contributed by atoms with Crippen LogP contribution in [0.4, 0.5) is 0 Å². The summed E-state index contributed by atoms with van der Waals surface area (Å²) < 4.78 is 8.94. The minimum Gasteiger partial charge on any atom is -0.477 e. The average molecular weight is 496 g/mol. The maximum absolute atomic E-state index is 12.3. The first kappa shape index (κ1) is 24.0. The molecule has 3 aromatic rings. The highest BCUT2D eigenvalue weighted by molar-refractivity contribution is 7.21. The molecule has 3 heterocycles. The van der Waals surface area contributed by atoms with E-state index in [9.17, 15) is 14.7 Å². The molecule has 186 valence electrons. The Morgan fingerprint density at radius 3 is 2.63 bits per heavy atom. The number of amides is 1. The van der Waals surface area contributed by atoms with Gasteiger partial charge in [-0.3, -0.25) is 4.79 Å². The molecule has 35 heavy (non-hydrogen) atoms. The predicted molar refractivity (Wildman–Crippen MR) is 138 cm³/mol. The Labute approximate surface area is 209 Å². The fourth-order valence-corrected chi connectivity index (χ4v) is 7.05. The van der Waals surface area contributed by atoms with Crippen molar-refractivity contribution in [2.75, 3.05) is 13.7 Å². The van der Waals surface area contributed by atoms with Crippen LogP contribution in [0.25, 0.3) is 21.5 Å². The number of carboxylic acid groups (broad SMARTS) is 1. The van der Waals surface area contributed by atoms with Crippen molar-refractivity contribution in [2.45, 2.75) is 70.2 Å². The Morgan fingerprint density at radius 2 is 1.97 bits per heavy atom. The monoisotopic (exact) mass is 495 g/mol. The molecule has 8 heteroatoms. The number of carboxylic acids is 1. The number of hydrogen-bond acceptors (Lipinski definition) is 5. The number of thiophene rings is 1. The number of ether oxygens (including phenoxy) is 1. The third-order valence-electron chi connectivity index (χ3n) is 7.31. The summed E-state index contributed by atoms with van der Waals surface area (Å²) in [7, 11) is 1.69. The van der Waals surface area contributed by atoms with Gasteiger partial charge in [-0.25, -0.2) is 4.79 Å². The fourth-order valence-electron chi connectivity index (χ4n) is 5.76. The lowest BCUT2D eigenvalue weighted by atomic mass is 9.83. The Bertz CT molecular complexity index is 1210. The Morgan fingerprint density at radius 1 is 1.20 bits per heavy atom. The van der Waals surface area contributed by atoms with Crippen molar-refractivity contribution >= 4 is 33.4 Å². The molecular formula is C27H33N3O4S. The number of nitrogens with zero attached hydrogens (tertiary/aromatic N) is 1. The molecule has 1 aliphatic carbocycles. The van der Waals surface area contributed by atoms with Crippen LogP contribution < -0.4 is 10.6 Å². The number of carbonyl (C=O) groups is 2. The van der Waals surface area contributed by atoms with E-state index < -0.39 is 5.97 Å². The molecular weight excluding hydrogens is 462 g/mol. The maximum Gasteiger partial charge on any atom is 0.346 e. The molecule has 7 nitrogen and oxygen atoms in total. The summed E-state index contributed by atoms with van der Waals surface area (Å²) in [5.74, 6) is -0.397. The predicted octanol–water partition coefficient (Wildman–Crippen LogP) is 5.09. The number of carbonyl (C=O) groups excluding carboxylic acids is 1. The minimum atomic E-state index is -0.892. The van der Waals surface area contributed by atoms with Crippen molar-refractivity contribution in [3.05, 3.63) is 46.3 Å². The largest absolute Gasteiger partial charge is 0.477 e. The summed E-state index contributed by atoms with van der Waals surface area (Å²) >= 11 is 1.41. The lowest BCUT2D eigenvalue weighted by Crippen LogP contribution is -2.35. The van der Waals surface area contributed by atoms with Gasteiger partial charge >= 0.3 is 5.97 Å². The quantitative estimate of drug-likeness (QED) is 0.385. The average Bonchev–Trinajstić information content (AvgIpc) is 3.54. The first-order valence-electron chi connectivity index (χ1n) is 12.5. The summed E-state index contributed by atoms with van der Waals surface area (Å²) in [5.41, 5.74) is 5.35. The van der Waals surface area contributed by atoms with E-state index in [-0.39, 0.29) is 11.9 Å². The van der Waals surface area contributed by atoms with Crippen LogP contribution in [0.2, 0.25) is 0 Å². The fraction of sp³-hybridized carbons (Fsp3) is 0.481. The van der Waals surface area contributed by atoms with Gasteiger partial charge in [0.1, 0.15) is 11.6 Å². The van der Waals surface area contributed by atoms with Gasteiger partial charge in [0.25, 0.3) is 0 Å². The Hall–Kier alpha value is -2.68. The number of benzene rings is 1. The van der Waals surface area contributed by atoms with Crippen LogP contribution in [0.3, 0.4) is 0 Å². The number of rotatable bonds is 9. The number of nitrogens with one attached hydrogen (secondary N) is 2. The van der Waals surface area contributed by atoms with Crippen LogP contribution in [0.1, 0.15) is 71.7 Å². The van der Waals surface area contributed by atoms with E-state index in [1.165, 1.54) is 36.2 Å². The molecule has 3 N–H and O–H groups in total. The summed E-state index contributed by atoms with van der Waals surface area (Å²) in [5, 5.41) is 16.5. The smallest absolute Gasteiger partial charge is 0.346 e. The van der Waals surface area contributed by atoms with E-state index in [0.717, 1.165) is 46.3 Å². The van der Waals surface area contributed by atoms with Crippen molar-refractivity contribution in [1.29, 1.82) is 0 Å². The van der Waals surface area contributed by atoms with Gasteiger partial charge in [-0.05, 0) is 36.3 Å². The van der Waals surface area contributed by atoms with Gasteiger partial charge < -0.3 is 25.0 Å². The molecule has 1 atom stereocenters. The third-order valence-corrected chi connectivity index (χ3v) is 8.55. The standard InChI is InChI=1S/C27H33N3O4S/c1-34-16-30-23(18-10-6-3-7-11-18)22(17-8-4-2-5-9-17)26-24(30)20(25(35-26)27(32)33)15-28-14-19-12-13-21(31)29-19/h3,6-7,10-11,17,19,28H,2,4-5,8-9,12-16H2,1H3,(H,29,31)(H,32,33). The van der Waals surface area contributed by atoms with Crippen LogP contribution in [-0.4, -0.2) is 41.2 Å². The number of hydrogen-bond donors (Lipinski definition) is 3. The van der Waals surface area contributed by atoms with Crippen LogP contribution in [-0.2, 0) is 22.8 Å². The Kier molecular flexibility index (Phi) is 7.22. The summed E-state index contributed by atoms with van der Waals surface area (Å²) in [4.78, 5) is 24.3. The van der Waals surface area contributed by atoms with E-state index in [1.54, 1.807) is 7.11 Å². The zero-order valence-corrected chi connectivity index (χ0v) is 21.0. The summed E-state index contributed by atoms with van der Waals surface area (Å²) in [6.07, 6.45) is 7.28. The van der Waals surface area contributed by atoms with E-state index >= 15 is 0 Å². The van der Waals surface area contributed by atoms with Crippen LogP contribution in [0.15, 0.2) is 30.3 Å². The summed E-state index contributed by atoms with van der Waals surface area (Å²) in [6.45, 7) is 1.41. The van der Waals surface area contributed by atoms with Crippen LogP contribution >= 0.6 is 11.3 Å². The molecule has 1 aliphatic heterocycles. The van der Waals surface area contributed by atoms with E-state index in [4.69, 9.17) is 4.74 Å². The second-order valence-electron chi connectivity index (χ2n) is 9.64. The van der Waals surface area contributed by atoms with E-state index in [2.05, 4.69) is 39.5 Å². The zero-order chi connectivity index (χ0) is 24.4. The normalized spacial score (nSPS) is 18.9. The minimum absolute atomic E-state index is 0.0829. The molecule has 0 radical (unpaired) electrons. The van der Waals surface area contributed by atoms with Crippen LogP contribution in [0.5, 0.6) is 0 Å². The molecule has 2 aromatic heterocycles. The van der Waals surface area contributed by atoms with Gasteiger partial charge in [0.2, 0.25) is 5.91 Å². The number of methoxy groups -OCH3 is 1. The number of fused-ring (bicyclic) bond motifs is 1. The summed E-state index contributed by atoms with van der Waals surface area (Å²) in [6, 6.07) is 10.5. The van der Waals surface area contributed by atoms with Crippen molar-refractivity contribution in [1.82, 2.24) is 15.2 Å². The van der Waals surface area contributed by atoms with Gasteiger partial charge in [0.05, 0.1) is 15.9 Å². The molecule has 2 aliphatic rings. The molecule has 2 fully saturated rings. The second-order valence-corrected chi connectivity index (χ2v) is 10.7.